The number of anilines is 1. The van der Waals surface area contributed by atoms with Gasteiger partial charge in [-0.25, -0.2) is 0 Å². The number of benzene rings is 2. The minimum Gasteiger partial charge on any atom is -0.450 e. The molecule has 0 aliphatic heterocycles. The summed E-state index contributed by atoms with van der Waals surface area (Å²) in [5.74, 6) is -0.531. The fourth-order valence-corrected chi connectivity index (χ4v) is 1.71. The van der Waals surface area contributed by atoms with E-state index in [0.29, 0.717) is 0 Å². The highest BCUT2D eigenvalue weighted by atomic mass is 35.5. The molecule has 2 aromatic rings. The van der Waals surface area contributed by atoms with Crippen molar-refractivity contribution in [2.45, 2.75) is 6.36 Å². The minimum atomic E-state index is -4.81. The predicted molar refractivity (Wildman–Crippen MR) is 69.1 cm³/mol. The van der Waals surface area contributed by atoms with Crippen LogP contribution in [0.3, 0.4) is 0 Å². The Morgan fingerprint density at radius 1 is 0.950 bits per heavy atom. The Balaban J connectivity index is 2.35. The molecule has 106 valence electrons. The van der Waals surface area contributed by atoms with Gasteiger partial charge in [0.15, 0.2) is 17.2 Å². The Hall–Kier alpha value is -2.08. The van der Waals surface area contributed by atoms with Crippen LogP contribution in [0.1, 0.15) is 0 Å². The summed E-state index contributed by atoms with van der Waals surface area (Å²) in [5, 5.41) is 0.187. The van der Waals surface area contributed by atoms with Crippen LogP contribution in [0, 0.1) is 0 Å². The van der Waals surface area contributed by atoms with Gasteiger partial charge in [-0.2, -0.15) is 0 Å². The van der Waals surface area contributed by atoms with E-state index in [2.05, 4.69) is 4.74 Å². The summed E-state index contributed by atoms with van der Waals surface area (Å²) in [5.41, 5.74) is 5.88. The molecule has 0 unspecified atom stereocenters. The molecule has 0 heterocycles. The fraction of sp³-hybridized carbons (Fsp3) is 0.0769. The number of alkyl halides is 3. The van der Waals surface area contributed by atoms with Crippen LogP contribution in [-0.4, -0.2) is 6.36 Å². The monoisotopic (exact) mass is 303 g/mol. The van der Waals surface area contributed by atoms with E-state index in [-0.39, 0.29) is 22.2 Å². The van der Waals surface area contributed by atoms with Crippen LogP contribution < -0.4 is 15.2 Å². The number of halogens is 4. The lowest BCUT2D eigenvalue weighted by molar-refractivity contribution is -0.275. The van der Waals surface area contributed by atoms with Crippen LogP contribution in [0.25, 0.3) is 0 Å². The maximum absolute atomic E-state index is 12.3. The Kier molecular flexibility index (Phi) is 3.94. The topological polar surface area (TPSA) is 44.5 Å². The van der Waals surface area contributed by atoms with Crippen molar-refractivity contribution in [1.29, 1.82) is 0 Å². The highest BCUT2D eigenvalue weighted by Crippen LogP contribution is 2.39. The summed E-state index contributed by atoms with van der Waals surface area (Å²) >= 11 is 5.90. The first-order valence-corrected chi connectivity index (χ1v) is 5.81. The van der Waals surface area contributed by atoms with Gasteiger partial charge in [-0.15, -0.1) is 13.2 Å². The number of para-hydroxylation sites is 3. The van der Waals surface area contributed by atoms with Crippen LogP contribution in [0.4, 0.5) is 18.9 Å². The van der Waals surface area contributed by atoms with E-state index >= 15 is 0 Å². The van der Waals surface area contributed by atoms with E-state index in [4.69, 9.17) is 22.1 Å². The van der Waals surface area contributed by atoms with Crippen molar-refractivity contribution in [3.63, 3.8) is 0 Å². The average Bonchev–Trinajstić information content (AvgIpc) is 2.34. The van der Waals surface area contributed by atoms with Gasteiger partial charge in [0, 0.05) is 0 Å². The quantitative estimate of drug-likeness (QED) is 0.842. The van der Waals surface area contributed by atoms with Gasteiger partial charge in [0.1, 0.15) is 0 Å². The lowest BCUT2D eigenvalue weighted by Gasteiger charge is -2.15. The highest BCUT2D eigenvalue weighted by molar-refractivity contribution is 6.32. The molecule has 0 amide bonds. The van der Waals surface area contributed by atoms with E-state index in [1.165, 1.54) is 30.3 Å². The summed E-state index contributed by atoms with van der Waals surface area (Å²) in [4.78, 5) is 0. The van der Waals surface area contributed by atoms with Gasteiger partial charge in [-0.05, 0) is 24.3 Å². The largest absolute Gasteiger partial charge is 0.573 e. The van der Waals surface area contributed by atoms with Crippen LogP contribution >= 0.6 is 11.6 Å². The van der Waals surface area contributed by atoms with E-state index in [9.17, 15) is 13.2 Å². The Bertz CT molecular complexity index is 597. The molecule has 0 atom stereocenters. The second-order valence-electron chi connectivity index (χ2n) is 3.75. The molecule has 7 heteroatoms. The van der Waals surface area contributed by atoms with Crippen molar-refractivity contribution < 1.29 is 22.6 Å². The van der Waals surface area contributed by atoms with E-state index in [1.54, 1.807) is 6.07 Å². The van der Waals surface area contributed by atoms with Gasteiger partial charge in [0.25, 0.3) is 0 Å². The summed E-state index contributed by atoms with van der Waals surface area (Å²) in [6.45, 7) is 0. The van der Waals surface area contributed by atoms with Crippen molar-refractivity contribution in [3.8, 4) is 17.2 Å². The summed E-state index contributed by atoms with van der Waals surface area (Å²) in [6, 6.07) is 9.99. The second kappa shape index (κ2) is 5.50. The molecule has 0 radical (unpaired) electrons. The van der Waals surface area contributed by atoms with E-state index in [0.717, 1.165) is 6.07 Å². The standard InChI is InChI=1S/C13H9ClF3NO2/c14-8-4-3-5-9(18)12(8)19-10-6-1-2-7-11(10)20-13(15,16)17/h1-7H,18H2. The lowest BCUT2D eigenvalue weighted by Crippen LogP contribution is -2.17. The third kappa shape index (κ3) is 3.48. The van der Waals surface area contributed by atoms with E-state index < -0.39 is 12.1 Å². The van der Waals surface area contributed by atoms with Crippen LogP contribution in [-0.2, 0) is 0 Å². The molecular formula is C13H9ClF3NO2. The van der Waals surface area contributed by atoms with Crippen molar-refractivity contribution in [1.82, 2.24) is 0 Å². The Morgan fingerprint density at radius 3 is 2.20 bits per heavy atom. The third-order valence-corrected chi connectivity index (χ3v) is 2.58. The smallest absolute Gasteiger partial charge is 0.450 e. The van der Waals surface area contributed by atoms with Crippen LogP contribution in [0.5, 0.6) is 17.2 Å². The zero-order valence-electron chi connectivity index (χ0n) is 9.95. The first-order valence-electron chi connectivity index (χ1n) is 5.43. The molecule has 0 aliphatic rings. The molecule has 0 aromatic heterocycles. The van der Waals surface area contributed by atoms with Crippen molar-refractivity contribution in [2.75, 3.05) is 5.73 Å². The molecule has 2 aromatic carbocycles. The fourth-order valence-electron chi connectivity index (χ4n) is 1.49. The molecule has 2 rings (SSSR count). The van der Waals surface area contributed by atoms with Gasteiger partial charge in [0.2, 0.25) is 0 Å². The Labute approximate surface area is 117 Å². The van der Waals surface area contributed by atoms with Gasteiger partial charge >= 0.3 is 6.36 Å². The first kappa shape index (κ1) is 14.3. The molecule has 0 spiro atoms. The normalized spacial score (nSPS) is 11.2. The number of hydrogen-bond acceptors (Lipinski definition) is 3. The van der Waals surface area contributed by atoms with Crippen molar-refractivity contribution >= 4 is 17.3 Å². The average molecular weight is 304 g/mol. The molecule has 20 heavy (non-hydrogen) atoms. The SMILES string of the molecule is Nc1cccc(Cl)c1Oc1ccccc1OC(F)(F)F. The van der Waals surface area contributed by atoms with E-state index in [1.807, 2.05) is 0 Å². The number of rotatable bonds is 3. The van der Waals surface area contributed by atoms with Gasteiger partial charge in [-0.3, -0.25) is 0 Å². The highest BCUT2D eigenvalue weighted by Gasteiger charge is 2.32. The molecular weight excluding hydrogens is 295 g/mol. The summed E-state index contributed by atoms with van der Waals surface area (Å²) < 4.78 is 46.1. The number of nitrogens with two attached hydrogens (primary N) is 1. The van der Waals surface area contributed by atoms with Gasteiger partial charge in [-0.1, -0.05) is 29.8 Å². The molecule has 0 fully saturated rings. The van der Waals surface area contributed by atoms with Crippen molar-refractivity contribution in [2.24, 2.45) is 0 Å². The number of hydrogen-bond donors (Lipinski definition) is 1. The Morgan fingerprint density at radius 2 is 1.60 bits per heavy atom. The summed E-state index contributed by atoms with van der Waals surface area (Å²) in [6.07, 6.45) is -4.81. The molecule has 0 saturated carbocycles. The molecule has 0 bridgehead atoms. The third-order valence-electron chi connectivity index (χ3n) is 2.28. The molecule has 0 saturated heterocycles. The maximum Gasteiger partial charge on any atom is 0.573 e. The van der Waals surface area contributed by atoms with Crippen LogP contribution in [0.15, 0.2) is 42.5 Å². The molecule has 3 nitrogen and oxygen atoms in total. The predicted octanol–water partition coefficient (Wildman–Crippen LogP) is 4.61. The molecule has 0 aliphatic carbocycles. The summed E-state index contributed by atoms with van der Waals surface area (Å²) in [7, 11) is 0. The number of ether oxygens (including phenoxy) is 2. The molecule has 2 N–H and O–H groups in total. The second-order valence-corrected chi connectivity index (χ2v) is 4.16. The lowest BCUT2D eigenvalue weighted by atomic mass is 10.3. The van der Waals surface area contributed by atoms with Crippen LogP contribution in [0.2, 0.25) is 5.02 Å². The zero-order chi connectivity index (χ0) is 14.8. The maximum atomic E-state index is 12.3. The van der Waals surface area contributed by atoms with Crippen molar-refractivity contribution in [3.05, 3.63) is 47.5 Å². The first-order chi connectivity index (χ1) is 9.37. The number of nitrogen functional groups attached to an aromatic ring is 1. The minimum absolute atomic E-state index is 0.0763. The van der Waals surface area contributed by atoms with Gasteiger partial charge < -0.3 is 15.2 Å². The van der Waals surface area contributed by atoms with Gasteiger partial charge in [0.05, 0.1) is 10.7 Å². The zero-order valence-corrected chi connectivity index (χ0v) is 10.7.